The molecule has 3 radical (unpaired) electrons. The molecule has 0 fully saturated rings. The van der Waals surface area contributed by atoms with Gasteiger partial charge in [0.25, 0.3) is 0 Å². The van der Waals surface area contributed by atoms with E-state index in [-0.39, 0.29) is 18.0 Å². The van der Waals surface area contributed by atoms with Gasteiger partial charge in [-0.1, -0.05) is 0 Å². The van der Waals surface area contributed by atoms with Gasteiger partial charge in [-0.05, 0) is 0 Å². The van der Waals surface area contributed by atoms with Crippen LogP contribution in [0.3, 0.4) is 0 Å². The first-order chi connectivity index (χ1) is 1.73. The van der Waals surface area contributed by atoms with E-state index in [0.717, 1.165) is 0 Å². The van der Waals surface area contributed by atoms with Crippen LogP contribution < -0.4 is 0 Å². The molecule has 0 heterocycles. The molecule has 5 heavy (non-hydrogen) atoms. The van der Waals surface area contributed by atoms with Crippen molar-refractivity contribution in [3.05, 3.63) is 0 Å². The third kappa shape index (κ3) is 22.3. The van der Waals surface area contributed by atoms with E-state index in [4.69, 9.17) is 26.5 Å². The molecule has 0 N–H and O–H groups in total. The van der Waals surface area contributed by atoms with Crippen LogP contribution in [0.15, 0.2) is 0 Å². The third-order valence-corrected chi connectivity index (χ3v) is 0. The molecule has 0 saturated carbocycles. The number of hydrogen-bond donors (Lipinski definition) is 0. The van der Waals surface area contributed by atoms with Crippen LogP contribution >= 0.6 is 26.5 Å². The van der Waals surface area contributed by atoms with Gasteiger partial charge in [0.1, 0.15) is 0 Å². The van der Waals surface area contributed by atoms with Crippen LogP contribution in [-0.4, -0.2) is 34.7 Å². The van der Waals surface area contributed by atoms with E-state index < -0.39 is 16.8 Å². The first-order valence-electron chi connectivity index (χ1n) is 0.507. The summed E-state index contributed by atoms with van der Waals surface area (Å²) in [6, 6.07) is 0. The Kier molecular flexibility index (Phi) is 12.8. The van der Waals surface area contributed by atoms with Crippen molar-refractivity contribution in [3.63, 3.8) is 0 Å². The SMILES string of the molecule is [As].[Cl][Sb]([Cl])[Cl]. The molecule has 31 valence electrons. The molecule has 0 atom stereocenters. The van der Waals surface area contributed by atoms with E-state index in [9.17, 15) is 0 Å². The minimum atomic E-state index is -2.03. The van der Waals surface area contributed by atoms with Crippen molar-refractivity contribution < 1.29 is 0 Å². The Hall–Kier alpha value is 2.25. The summed E-state index contributed by atoms with van der Waals surface area (Å²) in [6.07, 6.45) is 0. The Balaban J connectivity index is 0. The number of rotatable bonds is 0. The Morgan fingerprint density at radius 2 is 1.00 bits per heavy atom. The van der Waals surface area contributed by atoms with Crippen molar-refractivity contribution in [1.29, 1.82) is 0 Å². The summed E-state index contributed by atoms with van der Waals surface area (Å²) in [6.45, 7) is 0. The van der Waals surface area contributed by atoms with Crippen molar-refractivity contribution >= 4 is 61.2 Å². The summed E-state index contributed by atoms with van der Waals surface area (Å²) >= 11 is -2.03. The van der Waals surface area contributed by atoms with Gasteiger partial charge >= 0.3 is 43.3 Å². The second-order valence-electron chi connectivity index (χ2n) is 0.192. The van der Waals surface area contributed by atoms with E-state index in [2.05, 4.69) is 0 Å². The van der Waals surface area contributed by atoms with Gasteiger partial charge < -0.3 is 0 Å². The average Bonchev–Trinajstić information content (AvgIpc) is 0.811. The molecule has 0 aliphatic carbocycles. The van der Waals surface area contributed by atoms with Crippen LogP contribution in [0.25, 0.3) is 0 Å². The topological polar surface area (TPSA) is 0 Å². The van der Waals surface area contributed by atoms with Crippen LogP contribution in [0.1, 0.15) is 0 Å². The summed E-state index contributed by atoms with van der Waals surface area (Å²) in [7, 11) is 15.0. The fourth-order valence-corrected chi connectivity index (χ4v) is 0. The van der Waals surface area contributed by atoms with E-state index in [1.807, 2.05) is 0 Å². The summed E-state index contributed by atoms with van der Waals surface area (Å²) in [5.74, 6) is 0. The Morgan fingerprint density at radius 1 is 1.00 bits per heavy atom. The molecule has 0 bridgehead atoms. The first kappa shape index (κ1) is 10.3. The van der Waals surface area contributed by atoms with Crippen molar-refractivity contribution in [1.82, 2.24) is 0 Å². The van der Waals surface area contributed by atoms with E-state index >= 15 is 0 Å². The first-order valence-corrected chi connectivity index (χ1v) is 10.2. The Morgan fingerprint density at radius 3 is 1.00 bits per heavy atom. The second-order valence-corrected chi connectivity index (χ2v) is 11.6. The van der Waals surface area contributed by atoms with E-state index in [0.29, 0.717) is 0 Å². The minimum absolute atomic E-state index is 0. The fourth-order valence-electron chi connectivity index (χ4n) is 0. The molecule has 0 aliphatic heterocycles. The molecule has 0 saturated heterocycles. The normalized spacial score (nSPS) is 7.20. The summed E-state index contributed by atoms with van der Waals surface area (Å²) in [5, 5.41) is 0. The van der Waals surface area contributed by atoms with Crippen LogP contribution in [0.5, 0.6) is 0 Å². The average molecular weight is 303 g/mol. The van der Waals surface area contributed by atoms with Crippen LogP contribution in [-0.2, 0) is 0 Å². The van der Waals surface area contributed by atoms with Gasteiger partial charge in [-0.2, -0.15) is 0 Å². The molecule has 5 heteroatoms. The zero-order valence-electron chi connectivity index (χ0n) is 2.03. The Bertz CT molecular complexity index is 11.6. The standard InChI is InChI=1S/As.3ClH.Sb/h;3*1H;/q;;;;+3/p-3. The Labute approximate surface area is 60.5 Å². The van der Waals surface area contributed by atoms with Gasteiger partial charge in [0.15, 0.2) is 0 Å². The van der Waals surface area contributed by atoms with E-state index in [1.54, 1.807) is 0 Å². The van der Waals surface area contributed by atoms with Crippen molar-refractivity contribution in [2.45, 2.75) is 0 Å². The van der Waals surface area contributed by atoms with Gasteiger partial charge in [-0.25, -0.2) is 0 Å². The zero-order chi connectivity index (χ0) is 3.58. The third-order valence-electron chi connectivity index (χ3n) is 0. The predicted octanol–water partition coefficient (Wildman–Crippen LogP) is 1.31. The maximum absolute atomic E-state index is 4.99. The zero-order valence-corrected chi connectivity index (χ0v) is 8.73. The van der Waals surface area contributed by atoms with Gasteiger partial charge in [-0.15, -0.1) is 0 Å². The summed E-state index contributed by atoms with van der Waals surface area (Å²) in [4.78, 5) is 0. The monoisotopic (exact) mass is 301 g/mol. The molecule has 0 aliphatic rings. The van der Waals surface area contributed by atoms with Gasteiger partial charge in [0, 0.05) is 18.0 Å². The molecule has 0 spiro atoms. The van der Waals surface area contributed by atoms with Crippen LogP contribution in [0.2, 0.25) is 0 Å². The summed E-state index contributed by atoms with van der Waals surface area (Å²) in [5.41, 5.74) is 0. The molecule has 0 unspecified atom stereocenters. The predicted molar refractivity (Wildman–Crippen MR) is 29.1 cm³/mol. The van der Waals surface area contributed by atoms with E-state index in [1.165, 1.54) is 0 Å². The van der Waals surface area contributed by atoms with Gasteiger partial charge in [-0.3, -0.25) is 0 Å². The molecule has 0 rings (SSSR count). The van der Waals surface area contributed by atoms with Crippen LogP contribution in [0.4, 0.5) is 0 Å². The van der Waals surface area contributed by atoms with Gasteiger partial charge in [0.05, 0.1) is 0 Å². The summed E-state index contributed by atoms with van der Waals surface area (Å²) < 4.78 is 0. The molecule has 0 nitrogen and oxygen atoms in total. The fraction of sp³-hybridized carbons (Fsp3) is 0. The van der Waals surface area contributed by atoms with Gasteiger partial charge in [0.2, 0.25) is 0 Å². The maximum atomic E-state index is 4.99. The molecule has 0 aromatic heterocycles. The second kappa shape index (κ2) is 6.25. The van der Waals surface area contributed by atoms with Crippen molar-refractivity contribution in [2.24, 2.45) is 0 Å². The quantitative estimate of drug-likeness (QED) is 0.592. The number of halogens is 3. The molecular weight excluding hydrogens is 303 g/mol. The van der Waals surface area contributed by atoms with Crippen LogP contribution in [0, 0.1) is 0 Å². The molecule has 0 amide bonds. The van der Waals surface area contributed by atoms with Crippen molar-refractivity contribution in [3.8, 4) is 0 Å². The number of hydrogen-bond acceptors (Lipinski definition) is 0. The molecular formula is AsCl3Sb. The molecule has 0 aromatic rings. The van der Waals surface area contributed by atoms with Crippen molar-refractivity contribution in [2.75, 3.05) is 0 Å². The molecule has 0 aromatic carbocycles.